The summed E-state index contributed by atoms with van der Waals surface area (Å²) in [4.78, 5) is 23.5. The Morgan fingerprint density at radius 1 is 1.37 bits per heavy atom. The summed E-state index contributed by atoms with van der Waals surface area (Å²) >= 11 is 0. The van der Waals surface area contributed by atoms with Gasteiger partial charge in [0.05, 0.1) is 5.56 Å². The van der Waals surface area contributed by atoms with E-state index in [1.165, 1.54) is 0 Å². The lowest BCUT2D eigenvalue weighted by Crippen LogP contribution is -2.40. The van der Waals surface area contributed by atoms with E-state index in [0.717, 1.165) is 6.42 Å². The number of carbonyl (C=O) groups excluding carboxylic acids is 1. The number of carboxylic acids is 1. The topological polar surface area (TPSA) is 63.6 Å². The van der Waals surface area contributed by atoms with Crippen LogP contribution in [0.3, 0.4) is 0 Å². The van der Waals surface area contributed by atoms with Crippen molar-refractivity contribution in [3.8, 4) is 0 Å². The zero-order valence-corrected chi connectivity index (χ0v) is 11.0. The first-order valence-electron chi connectivity index (χ1n) is 6.59. The first kappa shape index (κ1) is 13.6. The Morgan fingerprint density at radius 2 is 2.05 bits per heavy atom. The average Bonchev–Trinajstić information content (AvgIpc) is 2.83. The second-order valence-electron chi connectivity index (χ2n) is 4.97. The van der Waals surface area contributed by atoms with Crippen molar-refractivity contribution in [2.45, 2.75) is 38.7 Å². The van der Waals surface area contributed by atoms with Crippen LogP contribution in [0.4, 0.5) is 0 Å². The number of benzene rings is 1. The van der Waals surface area contributed by atoms with Gasteiger partial charge in [0.25, 0.3) is 0 Å². The van der Waals surface area contributed by atoms with Crippen LogP contribution in [0.1, 0.15) is 43.0 Å². The number of carbonyl (C=O) groups is 2. The van der Waals surface area contributed by atoms with Crippen molar-refractivity contribution in [2.75, 3.05) is 0 Å². The lowest BCUT2D eigenvalue weighted by Gasteiger charge is -2.29. The van der Waals surface area contributed by atoms with E-state index in [4.69, 9.17) is 4.74 Å². The second kappa shape index (κ2) is 5.43. The summed E-state index contributed by atoms with van der Waals surface area (Å²) in [5.41, 5.74) is -0.449. The highest BCUT2D eigenvalue weighted by Crippen LogP contribution is 2.43. The molecule has 19 heavy (non-hydrogen) atoms. The van der Waals surface area contributed by atoms with E-state index in [1.807, 2.05) is 13.0 Å². The smallest absolute Gasteiger partial charge is 0.338 e. The Labute approximate surface area is 112 Å². The third-order valence-electron chi connectivity index (χ3n) is 4.02. The van der Waals surface area contributed by atoms with Crippen LogP contribution in [0, 0.1) is 5.41 Å². The lowest BCUT2D eigenvalue weighted by molar-refractivity contribution is -0.155. The van der Waals surface area contributed by atoms with Crippen molar-refractivity contribution in [1.29, 1.82) is 0 Å². The molecule has 0 spiro atoms. The van der Waals surface area contributed by atoms with E-state index >= 15 is 0 Å². The van der Waals surface area contributed by atoms with Crippen LogP contribution in [0.2, 0.25) is 0 Å². The number of rotatable bonds is 4. The Kier molecular flexibility index (Phi) is 3.88. The molecule has 0 amide bonds. The van der Waals surface area contributed by atoms with Gasteiger partial charge in [0, 0.05) is 0 Å². The first-order valence-corrected chi connectivity index (χ1v) is 6.59. The Morgan fingerprint density at radius 3 is 2.63 bits per heavy atom. The Bertz CT molecular complexity index is 468. The van der Waals surface area contributed by atoms with Gasteiger partial charge >= 0.3 is 11.9 Å². The van der Waals surface area contributed by atoms with Gasteiger partial charge in [-0.1, -0.05) is 25.1 Å². The normalized spacial score (nSPS) is 26.1. The standard InChI is InChI=1S/C15H18O4/c1-2-15(14(17)18)10-6-9-12(15)19-13(16)11-7-4-3-5-8-11/h3-5,7-8,12H,2,6,9-10H2,1H3,(H,17,18). The number of carboxylic acid groups (broad SMARTS) is 1. The molecule has 2 unspecified atom stereocenters. The molecule has 1 aromatic carbocycles. The number of hydrogen-bond acceptors (Lipinski definition) is 3. The number of aliphatic carboxylic acids is 1. The molecule has 2 atom stereocenters. The summed E-state index contributed by atoms with van der Waals surface area (Å²) in [6.07, 6.45) is 1.94. The Balaban J connectivity index is 2.14. The molecule has 1 aliphatic carbocycles. The van der Waals surface area contributed by atoms with Gasteiger partial charge in [-0.3, -0.25) is 4.79 Å². The number of esters is 1. The largest absolute Gasteiger partial charge is 0.481 e. The fourth-order valence-corrected chi connectivity index (χ4v) is 2.78. The van der Waals surface area contributed by atoms with Crippen LogP contribution >= 0.6 is 0 Å². The molecule has 4 nitrogen and oxygen atoms in total. The monoisotopic (exact) mass is 262 g/mol. The molecule has 1 fully saturated rings. The highest BCUT2D eigenvalue weighted by atomic mass is 16.5. The van der Waals surface area contributed by atoms with Gasteiger partial charge in [0.1, 0.15) is 11.5 Å². The minimum Gasteiger partial charge on any atom is -0.481 e. The predicted molar refractivity (Wildman–Crippen MR) is 69.9 cm³/mol. The van der Waals surface area contributed by atoms with Crippen LogP contribution in [0.25, 0.3) is 0 Å². The summed E-state index contributed by atoms with van der Waals surface area (Å²) in [6.45, 7) is 1.84. The molecule has 0 saturated heterocycles. The maximum Gasteiger partial charge on any atom is 0.338 e. The van der Waals surface area contributed by atoms with E-state index < -0.39 is 23.5 Å². The quantitative estimate of drug-likeness (QED) is 0.847. The minimum atomic E-state index is -0.912. The first-order chi connectivity index (χ1) is 9.10. The number of ether oxygens (including phenoxy) is 1. The molecule has 102 valence electrons. The van der Waals surface area contributed by atoms with E-state index in [0.29, 0.717) is 24.8 Å². The van der Waals surface area contributed by atoms with Crippen LogP contribution < -0.4 is 0 Å². The molecule has 0 heterocycles. The average molecular weight is 262 g/mol. The van der Waals surface area contributed by atoms with Crippen molar-refractivity contribution in [3.63, 3.8) is 0 Å². The second-order valence-corrected chi connectivity index (χ2v) is 4.97. The van der Waals surface area contributed by atoms with Gasteiger partial charge < -0.3 is 9.84 Å². The summed E-state index contributed by atoms with van der Waals surface area (Å²) in [6, 6.07) is 8.68. The zero-order chi connectivity index (χ0) is 13.9. The summed E-state index contributed by atoms with van der Waals surface area (Å²) < 4.78 is 5.45. The fraction of sp³-hybridized carbons (Fsp3) is 0.467. The molecule has 0 bridgehead atoms. The van der Waals surface area contributed by atoms with Gasteiger partial charge in [0.15, 0.2) is 0 Å². The van der Waals surface area contributed by atoms with Gasteiger partial charge in [-0.25, -0.2) is 4.79 Å². The molecular weight excluding hydrogens is 244 g/mol. The van der Waals surface area contributed by atoms with Crippen LogP contribution in [0.5, 0.6) is 0 Å². The molecule has 1 saturated carbocycles. The summed E-state index contributed by atoms with van der Waals surface area (Å²) in [5, 5.41) is 9.43. The van der Waals surface area contributed by atoms with Gasteiger partial charge in [-0.15, -0.1) is 0 Å². The van der Waals surface area contributed by atoms with Crippen LogP contribution in [0.15, 0.2) is 30.3 Å². The highest BCUT2D eigenvalue weighted by Gasteiger charge is 2.50. The van der Waals surface area contributed by atoms with Crippen molar-refractivity contribution < 1.29 is 19.4 Å². The zero-order valence-electron chi connectivity index (χ0n) is 11.0. The molecule has 1 aliphatic rings. The SMILES string of the molecule is CCC1(C(=O)O)CCCC1OC(=O)c1ccccc1. The molecule has 4 heteroatoms. The highest BCUT2D eigenvalue weighted by molar-refractivity contribution is 5.89. The maximum absolute atomic E-state index is 12.0. The van der Waals surface area contributed by atoms with Gasteiger partial charge in [0.2, 0.25) is 0 Å². The third-order valence-corrected chi connectivity index (χ3v) is 4.02. The summed E-state index contributed by atoms with van der Waals surface area (Å²) in [7, 11) is 0. The Hall–Kier alpha value is -1.84. The van der Waals surface area contributed by atoms with Crippen molar-refractivity contribution in [3.05, 3.63) is 35.9 Å². The van der Waals surface area contributed by atoms with Crippen molar-refractivity contribution >= 4 is 11.9 Å². The summed E-state index contributed by atoms with van der Waals surface area (Å²) in [5.74, 6) is -1.30. The maximum atomic E-state index is 12.0. The van der Waals surface area contributed by atoms with E-state index in [1.54, 1.807) is 24.3 Å². The van der Waals surface area contributed by atoms with Gasteiger partial charge in [-0.05, 0) is 37.8 Å². The van der Waals surface area contributed by atoms with Crippen LogP contribution in [-0.4, -0.2) is 23.1 Å². The molecular formula is C15H18O4. The molecule has 0 radical (unpaired) electrons. The molecule has 0 aromatic heterocycles. The van der Waals surface area contributed by atoms with E-state index in [2.05, 4.69) is 0 Å². The van der Waals surface area contributed by atoms with Crippen molar-refractivity contribution in [2.24, 2.45) is 5.41 Å². The number of hydrogen-bond donors (Lipinski definition) is 1. The minimum absolute atomic E-state index is 0.438. The molecule has 1 N–H and O–H groups in total. The van der Waals surface area contributed by atoms with E-state index in [-0.39, 0.29) is 0 Å². The van der Waals surface area contributed by atoms with Gasteiger partial charge in [-0.2, -0.15) is 0 Å². The molecule has 1 aromatic rings. The lowest BCUT2D eigenvalue weighted by atomic mass is 9.81. The molecule has 2 rings (SSSR count). The third kappa shape index (κ3) is 2.48. The van der Waals surface area contributed by atoms with E-state index in [9.17, 15) is 14.7 Å². The van der Waals surface area contributed by atoms with Crippen molar-refractivity contribution in [1.82, 2.24) is 0 Å². The molecule has 0 aliphatic heterocycles. The van der Waals surface area contributed by atoms with Crippen LogP contribution in [-0.2, 0) is 9.53 Å². The predicted octanol–water partition coefficient (Wildman–Crippen LogP) is 2.88. The fourth-order valence-electron chi connectivity index (χ4n) is 2.78.